The maximum atomic E-state index is 3.94. The predicted molar refractivity (Wildman–Crippen MR) is 210 cm³/mol. The molecule has 6 atom stereocenters. The highest BCUT2D eigenvalue weighted by atomic mass is 15.4. The van der Waals surface area contributed by atoms with Gasteiger partial charge in [-0.25, -0.2) is 0 Å². The minimum Gasteiger partial charge on any atom is -0.279 e. The first-order valence-electron chi connectivity index (χ1n) is 20.4. The van der Waals surface area contributed by atoms with Crippen LogP contribution < -0.4 is 16.0 Å². The maximum Gasteiger partial charge on any atom is 0.0864 e. The van der Waals surface area contributed by atoms with E-state index in [1.54, 1.807) is 22.3 Å². The summed E-state index contributed by atoms with van der Waals surface area (Å²) in [5.41, 5.74) is 16.3. The lowest BCUT2D eigenvalue weighted by Crippen LogP contribution is -2.59. The highest BCUT2D eigenvalue weighted by molar-refractivity contribution is 5.86. The van der Waals surface area contributed by atoms with Gasteiger partial charge in [0.25, 0.3) is 0 Å². The first-order chi connectivity index (χ1) is 25.0. The van der Waals surface area contributed by atoms with Crippen LogP contribution in [0.4, 0.5) is 0 Å². The minimum atomic E-state index is 0.0532. The van der Waals surface area contributed by atoms with Crippen LogP contribution in [-0.2, 0) is 0 Å². The Morgan fingerprint density at radius 2 is 1.45 bits per heavy atom. The van der Waals surface area contributed by atoms with Crippen molar-refractivity contribution in [3.05, 3.63) is 147 Å². The van der Waals surface area contributed by atoms with Gasteiger partial charge in [0.1, 0.15) is 0 Å². The molecule has 3 fully saturated rings. The van der Waals surface area contributed by atoms with Crippen LogP contribution in [0.2, 0.25) is 0 Å². The normalized spacial score (nSPS) is 33.3. The molecule has 6 unspecified atom stereocenters. The molecule has 262 valence electrons. The number of hydrogen-bond acceptors (Lipinski definition) is 3. The summed E-state index contributed by atoms with van der Waals surface area (Å²) in [7, 11) is 0. The van der Waals surface area contributed by atoms with E-state index in [0.717, 1.165) is 18.8 Å². The van der Waals surface area contributed by atoms with E-state index >= 15 is 0 Å². The van der Waals surface area contributed by atoms with Crippen molar-refractivity contribution >= 4 is 5.57 Å². The molecule has 3 nitrogen and oxygen atoms in total. The Labute approximate surface area is 305 Å². The van der Waals surface area contributed by atoms with Crippen LogP contribution in [0.5, 0.6) is 0 Å². The molecule has 0 amide bonds. The zero-order valence-corrected chi connectivity index (χ0v) is 30.7. The van der Waals surface area contributed by atoms with Crippen molar-refractivity contribution in [1.29, 1.82) is 0 Å². The molecule has 51 heavy (non-hydrogen) atoms. The Morgan fingerprint density at radius 3 is 2.22 bits per heavy atom. The van der Waals surface area contributed by atoms with Gasteiger partial charge in [0.2, 0.25) is 0 Å². The Kier molecular flexibility index (Phi) is 7.93. The molecule has 2 aromatic rings. The van der Waals surface area contributed by atoms with Gasteiger partial charge in [0.15, 0.2) is 0 Å². The molecule has 1 saturated heterocycles. The molecule has 3 N–H and O–H groups in total. The lowest BCUT2D eigenvalue weighted by molar-refractivity contribution is 0.207. The summed E-state index contributed by atoms with van der Waals surface area (Å²) in [4.78, 5) is 0. The van der Waals surface area contributed by atoms with Crippen molar-refractivity contribution < 1.29 is 0 Å². The van der Waals surface area contributed by atoms with Crippen molar-refractivity contribution in [2.75, 3.05) is 0 Å². The third-order valence-corrected chi connectivity index (χ3v) is 14.4. The summed E-state index contributed by atoms with van der Waals surface area (Å²) in [6, 6.07) is 20.6. The minimum absolute atomic E-state index is 0.0532. The smallest absolute Gasteiger partial charge is 0.0864 e. The van der Waals surface area contributed by atoms with E-state index in [4.69, 9.17) is 0 Å². The van der Waals surface area contributed by atoms with Crippen LogP contribution in [-0.4, -0.2) is 6.17 Å². The summed E-state index contributed by atoms with van der Waals surface area (Å²) >= 11 is 0. The average molecular weight is 674 g/mol. The van der Waals surface area contributed by atoms with E-state index in [9.17, 15) is 0 Å². The van der Waals surface area contributed by atoms with Crippen LogP contribution in [0, 0.1) is 28.6 Å². The highest BCUT2D eigenvalue weighted by Crippen LogP contribution is 2.69. The van der Waals surface area contributed by atoms with E-state index < -0.39 is 0 Å². The predicted octanol–water partition coefficient (Wildman–Crippen LogP) is 11.1. The second kappa shape index (κ2) is 12.6. The van der Waals surface area contributed by atoms with Crippen molar-refractivity contribution in [3.63, 3.8) is 0 Å². The van der Waals surface area contributed by atoms with Crippen molar-refractivity contribution in [2.24, 2.45) is 28.6 Å². The summed E-state index contributed by atoms with van der Waals surface area (Å²) in [5.74, 6) is 1.97. The monoisotopic (exact) mass is 673 g/mol. The first-order valence-corrected chi connectivity index (χ1v) is 20.4. The average Bonchev–Trinajstić information content (AvgIpc) is 3.59. The lowest BCUT2D eigenvalue weighted by Gasteiger charge is -2.44. The van der Waals surface area contributed by atoms with Gasteiger partial charge >= 0.3 is 0 Å². The fourth-order valence-electron chi connectivity index (χ4n) is 12.1. The van der Waals surface area contributed by atoms with Gasteiger partial charge in [0.05, 0.1) is 18.5 Å². The second-order valence-electron chi connectivity index (χ2n) is 17.4. The molecular weight excluding hydrogens is 619 g/mol. The van der Waals surface area contributed by atoms with Crippen LogP contribution in [0.25, 0.3) is 5.57 Å². The van der Waals surface area contributed by atoms with Gasteiger partial charge < -0.3 is 0 Å². The topological polar surface area (TPSA) is 36.1 Å². The van der Waals surface area contributed by atoms with E-state index in [2.05, 4.69) is 127 Å². The van der Waals surface area contributed by atoms with Gasteiger partial charge in [0, 0.05) is 17.3 Å². The molecule has 0 bridgehead atoms. The third kappa shape index (κ3) is 5.17. The molecule has 0 aromatic heterocycles. The largest absolute Gasteiger partial charge is 0.279 e. The number of allylic oxidation sites excluding steroid dienone is 13. The highest BCUT2D eigenvalue weighted by Gasteiger charge is 2.58. The summed E-state index contributed by atoms with van der Waals surface area (Å²) in [5, 5.41) is 11.7. The first kappa shape index (κ1) is 32.2. The van der Waals surface area contributed by atoms with Crippen molar-refractivity contribution in [2.45, 2.75) is 109 Å². The third-order valence-electron chi connectivity index (χ3n) is 14.4. The number of rotatable bonds is 4. The van der Waals surface area contributed by atoms with Crippen LogP contribution in [0.15, 0.2) is 131 Å². The number of fused-ring (bicyclic) bond motifs is 7. The van der Waals surface area contributed by atoms with E-state index in [-0.39, 0.29) is 29.3 Å². The fraction of sp³-hybridized carbons (Fsp3) is 0.458. The zero-order valence-electron chi connectivity index (χ0n) is 30.7. The van der Waals surface area contributed by atoms with Crippen molar-refractivity contribution in [3.8, 4) is 0 Å². The van der Waals surface area contributed by atoms with E-state index in [1.807, 2.05) is 11.1 Å². The molecule has 8 aliphatic rings. The molecule has 1 aliphatic heterocycles. The molecule has 3 heteroatoms. The molecule has 2 aromatic carbocycles. The van der Waals surface area contributed by atoms with Crippen LogP contribution in [0.3, 0.4) is 0 Å². The van der Waals surface area contributed by atoms with E-state index in [1.165, 1.54) is 86.5 Å². The summed E-state index contributed by atoms with van der Waals surface area (Å²) < 4.78 is 0. The van der Waals surface area contributed by atoms with Crippen LogP contribution in [0.1, 0.15) is 120 Å². The molecule has 10 rings (SSSR count). The summed E-state index contributed by atoms with van der Waals surface area (Å²) in [6.45, 7) is 5.13. The maximum absolute atomic E-state index is 3.94. The van der Waals surface area contributed by atoms with Gasteiger partial charge in [-0.1, -0.05) is 141 Å². The molecule has 0 radical (unpaired) electrons. The fourth-order valence-corrected chi connectivity index (χ4v) is 12.1. The SMILES string of the molecule is CC1(C)C2=CCCC=C2C2C=C3C(CC21)C1=C(C(c2ccc(C4NC(C5=CC=CCC5)NC(c5ccccc5)N4)cc2)=CCC1)C31CCCCC1. The Morgan fingerprint density at radius 1 is 0.706 bits per heavy atom. The number of hydrogen-bond donors (Lipinski definition) is 3. The van der Waals surface area contributed by atoms with Gasteiger partial charge in [-0.15, -0.1) is 0 Å². The Balaban J connectivity index is 0.988. The van der Waals surface area contributed by atoms with Crippen molar-refractivity contribution in [1.82, 2.24) is 16.0 Å². The Bertz CT molecular complexity index is 1920. The lowest BCUT2D eigenvalue weighted by atomic mass is 9.60. The van der Waals surface area contributed by atoms with Gasteiger partial charge in [-0.3, -0.25) is 16.0 Å². The molecule has 2 saturated carbocycles. The number of benzene rings is 2. The Hall–Kier alpha value is -3.50. The second-order valence-corrected chi connectivity index (χ2v) is 17.4. The molecule has 1 spiro atoms. The molecular formula is C48H55N3. The van der Waals surface area contributed by atoms with Gasteiger partial charge in [-0.05, 0) is 114 Å². The van der Waals surface area contributed by atoms with Crippen LogP contribution >= 0.6 is 0 Å². The van der Waals surface area contributed by atoms with E-state index in [0.29, 0.717) is 11.8 Å². The summed E-state index contributed by atoms with van der Waals surface area (Å²) in [6.07, 6.45) is 33.0. The zero-order chi connectivity index (χ0) is 34.2. The number of nitrogens with one attached hydrogen (secondary N) is 3. The molecule has 1 heterocycles. The standard InChI is InChI=1S/C48H55N3/c1-47(2)40-22-11-10-19-36(40)38-30-42-39(29-41(38)47)37-21-14-20-35(43(37)48(42)27-12-5-13-28-48)31-23-25-34(26-24-31)46-50-44(32-15-6-3-7-16-32)49-45(51-46)33-17-8-4-9-18-33/h3-4,6-8,15-17,19-20,22-26,30,38-39,41,44-46,49-51H,5,9-14,18,21,27-29H2,1-2H3. The molecule has 7 aliphatic carbocycles. The quantitative estimate of drug-likeness (QED) is 0.283. The van der Waals surface area contributed by atoms with Gasteiger partial charge in [-0.2, -0.15) is 0 Å².